The van der Waals surface area contributed by atoms with E-state index >= 15 is 0 Å². The van der Waals surface area contributed by atoms with Crippen LogP contribution in [0.5, 0.6) is 0 Å². The van der Waals surface area contributed by atoms with Crippen molar-refractivity contribution in [1.29, 1.82) is 0 Å². The van der Waals surface area contributed by atoms with Gasteiger partial charge in [0.1, 0.15) is 0 Å². The van der Waals surface area contributed by atoms with E-state index < -0.39 is 0 Å². The van der Waals surface area contributed by atoms with E-state index in [1.807, 2.05) is 0 Å². The molecule has 0 aliphatic heterocycles. The average molecular weight is 166 g/mol. The zero-order valence-electron chi connectivity index (χ0n) is 7.38. The number of allylic oxidation sites excluding steroid dienone is 1. The van der Waals surface area contributed by atoms with Gasteiger partial charge in [-0.1, -0.05) is 5.57 Å². The number of ether oxygens (including phenoxy) is 1. The third kappa shape index (κ3) is 1.68. The van der Waals surface area contributed by atoms with Crippen molar-refractivity contribution in [2.75, 3.05) is 7.11 Å². The van der Waals surface area contributed by atoms with Crippen molar-refractivity contribution < 1.29 is 9.53 Å². The molecule has 0 aromatic heterocycles. The largest absolute Gasteiger partial charge is 0.466 e. The van der Waals surface area contributed by atoms with Gasteiger partial charge in [0.25, 0.3) is 0 Å². The van der Waals surface area contributed by atoms with Crippen LogP contribution in [0, 0.1) is 11.8 Å². The number of hydrogen-bond donors (Lipinski definition) is 0. The van der Waals surface area contributed by atoms with Gasteiger partial charge in [-0.2, -0.15) is 0 Å². The smallest absolute Gasteiger partial charge is 0.330 e. The molecule has 0 N–H and O–H groups in total. The lowest BCUT2D eigenvalue weighted by Crippen LogP contribution is -1.99. The van der Waals surface area contributed by atoms with Crippen LogP contribution in [-0.2, 0) is 9.53 Å². The maximum absolute atomic E-state index is 11.0. The molecule has 2 rings (SSSR count). The molecule has 2 saturated carbocycles. The van der Waals surface area contributed by atoms with Gasteiger partial charge in [0, 0.05) is 6.08 Å². The zero-order chi connectivity index (χ0) is 8.55. The van der Waals surface area contributed by atoms with Crippen molar-refractivity contribution in [2.45, 2.75) is 25.7 Å². The molecule has 12 heavy (non-hydrogen) atoms. The number of hydrogen-bond acceptors (Lipinski definition) is 2. The molecule has 66 valence electrons. The molecule has 0 saturated heterocycles. The number of rotatable bonds is 3. The Morgan fingerprint density at radius 3 is 2.08 bits per heavy atom. The molecular weight excluding hydrogens is 152 g/mol. The fraction of sp³-hybridized carbons (Fsp3) is 0.700. The summed E-state index contributed by atoms with van der Waals surface area (Å²) in [6, 6.07) is 0. The summed E-state index contributed by atoms with van der Waals surface area (Å²) in [7, 11) is 1.44. The molecular formula is C10H14O2. The van der Waals surface area contributed by atoms with Gasteiger partial charge in [-0.05, 0) is 37.5 Å². The number of esters is 1. The lowest BCUT2D eigenvalue weighted by Gasteiger charge is -2.01. The van der Waals surface area contributed by atoms with E-state index in [4.69, 9.17) is 0 Å². The highest BCUT2D eigenvalue weighted by Crippen LogP contribution is 2.48. The fourth-order valence-corrected chi connectivity index (χ4v) is 1.60. The van der Waals surface area contributed by atoms with Crippen molar-refractivity contribution in [3.05, 3.63) is 11.6 Å². The van der Waals surface area contributed by atoms with Crippen LogP contribution in [0.4, 0.5) is 0 Å². The fourth-order valence-electron chi connectivity index (χ4n) is 1.60. The van der Waals surface area contributed by atoms with E-state index in [0.717, 1.165) is 11.8 Å². The van der Waals surface area contributed by atoms with Crippen molar-refractivity contribution in [1.82, 2.24) is 0 Å². The molecule has 0 aromatic carbocycles. The lowest BCUT2D eigenvalue weighted by atomic mass is 10.1. The minimum atomic E-state index is -0.177. The maximum atomic E-state index is 11.0. The second-order valence-electron chi connectivity index (χ2n) is 3.72. The SMILES string of the molecule is COC(=O)C=C(C1CC1)C1CC1. The second-order valence-corrected chi connectivity index (χ2v) is 3.72. The standard InChI is InChI=1S/C10H14O2/c1-12-10(11)6-9(7-2-3-7)8-4-5-8/h6-8H,2-5H2,1H3. The van der Waals surface area contributed by atoms with Gasteiger partial charge in [0.2, 0.25) is 0 Å². The van der Waals surface area contributed by atoms with Crippen molar-refractivity contribution in [3.8, 4) is 0 Å². The van der Waals surface area contributed by atoms with Gasteiger partial charge in [0.05, 0.1) is 7.11 Å². The first-order valence-electron chi connectivity index (χ1n) is 4.60. The van der Waals surface area contributed by atoms with Crippen molar-refractivity contribution in [2.24, 2.45) is 11.8 Å². The Kier molecular flexibility index (Phi) is 1.91. The van der Waals surface area contributed by atoms with Crippen LogP contribution in [0.3, 0.4) is 0 Å². The summed E-state index contributed by atoms with van der Waals surface area (Å²) in [5.74, 6) is 1.26. The maximum Gasteiger partial charge on any atom is 0.330 e. The Hall–Kier alpha value is -0.790. The average Bonchev–Trinajstić information content (AvgIpc) is 2.87. The molecule has 0 unspecified atom stereocenters. The summed E-state index contributed by atoms with van der Waals surface area (Å²) in [5.41, 5.74) is 1.36. The molecule has 0 aromatic rings. The Balaban J connectivity index is 2.03. The molecule has 0 spiro atoms. The third-order valence-electron chi connectivity index (χ3n) is 2.58. The van der Waals surface area contributed by atoms with E-state index in [0.29, 0.717) is 0 Å². The van der Waals surface area contributed by atoms with Crippen LogP contribution in [0.2, 0.25) is 0 Å². The van der Waals surface area contributed by atoms with Crippen molar-refractivity contribution >= 4 is 5.97 Å². The lowest BCUT2D eigenvalue weighted by molar-refractivity contribution is -0.134. The zero-order valence-corrected chi connectivity index (χ0v) is 7.38. The van der Waals surface area contributed by atoms with E-state index in [1.165, 1.54) is 38.4 Å². The highest BCUT2D eigenvalue weighted by Gasteiger charge is 2.36. The van der Waals surface area contributed by atoms with Crippen LogP contribution in [0.25, 0.3) is 0 Å². The normalized spacial score (nSPS) is 21.8. The molecule has 0 amide bonds. The number of carbonyl (C=O) groups excluding carboxylic acids is 1. The minimum Gasteiger partial charge on any atom is -0.466 e. The predicted molar refractivity (Wildman–Crippen MR) is 45.5 cm³/mol. The Labute approximate surface area is 72.6 Å². The highest BCUT2D eigenvalue weighted by atomic mass is 16.5. The van der Waals surface area contributed by atoms with Gasteiger partial charge in [-0.25, -0.2) is 4.79 Å². The minimum absolute atomic E-state index is 0.177. The molecule has 2 heteroatoms. The van der Waals surface area contributed by atoms with Gasteiger partial charge >= 0.3 is 5.97 Å². The molecule has 0 bridgehead atoms. The van der Waals surface area contributed by atoms with E-state index in [1.54, 1.807) is 6.08 Å². The first kappa shape index (κ1) is 7.84. The van der Waals surface area contributed by atoms with Crippen LogP contribution in [0.15, 0.2) is 11.6 Å². The first-order chi connectivity index (χ1) is 5.81. The molecule has 0 atom stereocenters. The van der Waals surface area contributed by atoms with Crippen LogP contribution < -0.4 is 0 Å². The highest BCUT2D eigenvalue weighted by molar-refractivity contribution is 5.83. The summed E-state index contributed by atoms with van der Waals surface area (Å²) < 4.78 is 4.62. The number of carbonyl (C=O) groups is 1. The molecule has 2 nitrogen and oxygen atoms in total. The van der Waals surface area contributed by atoms with Crippen LogP contribution in [-0.4, -0.2) is 13.1 Å². The third-order valence-corrected chi connectivity index (χ3v) is 2.58. The van der Waals surface area contributed by atoms with Crippen molar-refractivity contribution in [3.63, 3.8) is 0 Å². The van der Waals surface area contributed by atoms with Crippen LogP contribution in [0.1, 0.15) is 25.7 Å². The van der Waals surface area contributed by atoms with Gasteiger partial charge in [-0.15, -0.1) is 0 Å². The molecule has 2 aliphatic carbocycles. The molecule has 2 aliphatic rings. The number of methoxy groups -OCH3 is 1. The first-order valence-corrected chi connectivity index (χ1v) is 4.60. The summed E-state index contributed by atoms with van der Waals surface area (Å²) in [6.07, 6.45) is 6.83. The summed E-state index contributed by atoms with van der Waals surface area (Å²) >= 11 is 0. The van der Waals surface area contributed by atoms with E-state index in [-0.39, 0.29) is 5.97 Å². The van der Waals surface area contributed by atoms with Crippen LogP contribution >= 0.6 is 0 Å². The monoisotopic (exact) mass is 166 g/mol. The van der Waals surface area contributed by atoms with Gasteiger partial charge < -0.3 is 4.74 Å². The Bertz CT molecular complexity index is 208. The summed E-state index contributed by atoms with van der Waals surface area (Å²) in [5, 5.41) is 0. The molecule has 0 radical (unpaired) electrons. The predicted octanol–water partition coefficient (Wildman–Crippen LogP) is 1.91. The second kappa shape index (κ2) is 2.92. The quantitative estimate of drug-likeness (QED) is 0.473. The summed E-state index contributed by atoms with van der Waals surface area (Å²) in [4.78, 5) is 11.0. The van der Waals surface area contributed by atoms with E-state index in [9.17, 15) is 4.79 Å². The molecule has 2 fully saturated rings. The van der Waals surface area contributed by atoms with Gasteiger partial charge in [0.15, 0.2) is 0 Å². The topological polar surface area (TPSA) is 26.3 Å². The van der Waals surface area contributed by atoms with E-state index in [2.05, 4.69) is 4.74 Å². The Morgan fingerprint density at radius 2 is 1.75 bits per heavy atom. The summed E-state index contributed by atoms with van der Waals surface area (Å²) in [6.45, 7) is 0. The molecule has 0 heterocycles. The van der Waals surface area contributed by atoms with Gasteiger partial charge in [-0.3, -0.25) is 0 Å². The Morgan fingerprint density at radius 1 is 1.25 bits per heavy atom.